The van der Waals surface area contributed by atoms with Crippen molar-refractivity contribution in [2.45, 2.75) is 13.1 Å². The fourth-order valence-corrected chi connectivity index (χ4v) is 0.739. The summed E-state index contributed by atoms with van der Waals surface area (Å²) in [5, 5.41) is 19.8. The van der Waals surface area contributed by atoms with Gasteiger partial charge in [0.25, 0.3) is 0 Å². The Labute approximate surface area is 64.9 Å². The summed E-state index contributed by atoms with van der Waals surface area (Å²) >= 11 is 0. The van der Waals surface area contributed by atoms with E-state index in [9.17, 15) is 10.2 Å². The minimum Gasteiger partial charge on any atom is -0.845 e. The maximum Gasteiger partial charge on any atom is 0.0684 e. The molecule has 0 spiro atoms. The van der Waals surface area contributed by atoms with E-state index in [4.69, 9.17) is 0 Å². The maximum atomic E-state index is 9.92. The lowest BCUT2D eigenvalue weighted by Gasteiger charge is -2.28. The van der Waals surface area contributed by atoms with Gasteiger partial charge in [-0.25, -0.2) is 0 Å². The Morgan fingerprint density at radius 2 is 1.82 bits per heavy atom. The lowest BCUT2D eigenvalue weighted by molar-refractivity contribution is -0.720. The third kappa shape index (κ3) is 3.13. The van der Waals surface area contributed by atoms with Crippen molar-refractivity contribution < 1.29 is 14.9 Å². The van der Waals surface area contributed by atoms with Crippen LogP contribution in [-0.2, 0) is 11.3 Å². The van der Waals surface area contributed by atoms with E-state index < -0.39 is 6.48 Å². The van der Waals surface area contributed by atoms with Crippen molar-refractivity contribution in [1.82, 2.24) is 0 Å². The second kappa shape index (κ2) is 4.08. The SMILES string of the molecule is [O-]C([O-])OCc1ccccc1. The van der Waals surface area contributed by atoms with Gasteiger partial charge in [-0.15, -0.1) is 6.48 Å². The molecule has 0 aliphatic heterocycles. The molecule has 0 amide bonds. The zero-order valence-corrected chi connectivity index (χ0v) is 5.90. The molecular formula is C8H8O3-2. The summed E-state index contributed by atoms with van der Waals surface area (Å²) in [5.41, 5.74) is 0.837. The van der Waals surface area contributed by atoms with E-state index in [1.807, 2.05) is 18.2 Å². The van der Waals surface area contributed by atoms with Gasteiger partial charge in [-0.2, -0.15) is 0 Å². The monoisotopic (exact) mass is 152 g/mol. The molecule has 60 valence electrons. The molecule has 1 rings (SSSR count). The number of rotatable bonds is 3. The van der Waals surface area contributed by atoms with E-state index in [1.54, 1.807) is 12.1 Å². The molecule has 0 bridgehead atoms. The minimum atomic E-state index is -2.18. The summed E-state index contributed by atoms with van der Waals surface area (Å²) < 4.78 is 4.32. The fourth-order valence-electron chi connectivity index (χ4n) is 0.739. The van der Waals surface area contributed by atoms with E-state index in [0.717, 1.165) is 5.56 Å². The van der Waals surface area contributed by atoms with Gasteiger partial charge < -0.3 is 14.9 Å². The largest absolute Gasteiger partial charge is 0.845 e. The molecule has 11 heavy (non-hydrogen) atoms. The van der Waals surface area contributed by atoms with Crippen LogP contribution in [0.15, 0.2) is 30.3 Å². The third-order valence-corrected chi connectivity index (χ3v) is 1.23. The number of hydrogen-bond acceptors (Lipinski definition) is 3. The van der Waals surface area contributed by atoms with Crippen LogP contribution < -0.4 is 10.2 Å². The molecule has 0 atom stereocenters. The van der Waals surface area contributed by atoms with Gasteiger partial charge in [0, 0.05) is 0 Å². The Balaban J connectivity index is 2.39. The summed E-state index contributed by atoms with van der Waals surface area (Å²) in [6.07, 6.45) is 0. The summed E-state index contributed by atoms with van der Waals surface area (Å²) in [6.45, 7) is -2.09. The molecule has 0 aliphatic rings. The summed E-state index contributed by atoms with van der Waals surface area (Å²) in [7, 11) is 0. The van der Waals surface area contributed by atoms with Crippen molar-refractivity contribution >= 4 is 0 Å². The second-order valence-electron chi connectivity index (χ2n) is 2.09. The lowest BCUT2D eigenvalue weighted by Crippen LogP contribution is -2.40. The zero-order chi connectivity index (χ0) is 8.10. The number of benzene rings is 1. The van der Waals surface area contributed by atoms with Crippen LogP contribution in [0.5, 0.6) is 0 Å². The molecule has 3 heteroatoms. The molecule has 0 radical (unpaired) electrons. The molecule has 3 nitrogen and oxygen atoms in total. The average Bonchev–Trinajstić information content (AvgIpc) is 2.03. The molecule has 0 fully saturated rings. The quantitative estimate of drug-likeness (QED) is 0.533. The van der Waals surface area contributed by atoms with Crippen molar-refractivity contribution in [3.05, 3.63) is 35.9 Å². The molecule has 0 heterocycles. The summed E-state index contributed by atoms with van der Waals surface area (Å²) in [5.74, 6) is 0. The van der Waals surface area contributed by atoms with Gasteiger partial charge in [-0.05, 0) is 5.56 Å². The Bertz CT molecular complexity index is 196. The Kier molecular flexibility index (Phi) is 3.04. The van der Waals surface area contributed by atoms with Crippen molar-refractivity contribution in [3.8, 4) is 0 Å². The van der Waals surface area contributed by atoms with Gasteiger partial charge in [0.05, 0.1) is 6.61 Å². The van der Waals surface area contributed by atoms with Gasteiger partial charge in [0.2, 0.25) is 0 Å². The first-order valence-corrected chi connectivity index (χ1v) is 3.26. The van der Waals surface area contributed by atoms with Crippen LogP contribution >= 0.6 is 0 Å². The van der Waals surface area contributed by atoms with E-state index in [0.29, 0.717) is 0 Å². The third-order valence-electron chi connectivity index (χ3n) is 1.23. The van der Waals surface area contributed by atoms with E-state index >= 15 is 0 Å². The zero-order valence-electron chi connectivity index (χ0n) is 5.90. The smallest absolute Gasteiger partial charge is 0.0684 e. The van der Waals surface area contributed by atoms with Gasteiger partial charge in [-0.3, -0.25) is 0 Å². The van der Waals surface area contributed by atoms with Crippen LogP contribution in [0.3, 0.4) is 0 Å². The molecule has 1 aromatic rings. The van der Waals surface area contributed by atoms with E-state index in [1.165, 1.54) is 0 Å². The van der Waals surface area contributed by atoms with Crippen molar-refractivity contribution in [1.29, 1.82) is 0 Å². The normalized spacial score (nSPS) is 10.5. The van der Waals surface area contributed by atoms with Crippen LogP contribution in [-0.4, -0.2) is 6.48 Å². The van der Waals surface area contributed by atoms with Crippen LogP contribution in [0.2, 0.25) is 0 Å². The van der Waals surface area contributed by atoms with Crippen LogP contribution in [0.25, 0.3) is 0 Å². The highest BCUT2D eigenvalue weighted by Gasteiger charge is 1.86. The Hall–Kier alpha value is -0.900. The highest BCUT2D eigenvalue weighted by molar-refractivity contribution is 5.13. The topological polar surface area (TPSA) is 55.3 Å². The molecule has 0 saturated carbocycles. The molecule has 1 aromatic carbocycles. The van der Waals surface area contributed by atoms with Crippen molar-refractivity contribution in [2.24, 2.45) is 0 Å². The van der Waals surface area contributed by atoms with E-state index in [-0.39, 0.29) is 6.61 Å². The minimum absolute atomic E-state index is 0.0957. The van der Waals surface area contributed by atoms with E-state index in [2.05, 4.69) is 4.74 Å². The predicted octanol–water partition coefficient (Wildman–Crippen LogP) is -0.793. The van der Waals surface area contributed by atoms with Crippen LogP contribution in [0.4, 0.5) is 0 Å². The highest BCUT2D eigenvalue weighted by Crippen LogP contribution is 1.99. The predicted molar refractivity (Wildman–Crippen MR) is 35.0 cm³/mol. The molecule has 0 saturated heterocycles. The van der Waals surface area contributed by atoms with Crippen molar-refractivity contribution in [3.63, 3.8) is 0 Å². The molecule has 0 aromatic heterocycles. The number of ether oxygens (including phenoxy) is 1. The van der Waals surface area contributed by atoms with Gasteiger partial charge in [-0.1, -0.05) is 30.3 Å². The first-order chi connectivity index (χ1) is 5.29. The summed E-state index contributed by atoms with van der Waals surface area (Å²) in [4.78, 5) is 0. The van der Waals surface area contributed by atoms with Crippen LogP contribution in [0.1, 0.15) is 5.56 Å². The molecular weight excluding hydrogens is 144 g/mol. The first-order valence-electron chi connectivity index (χ1n) is 3.26. The average molecular weight is 152 g/mol. The molecule has 0 aliphatic carbocycles. The Morgan fingerprint density at radius 3 is 2.36 bits per heavy atom. The van der Waals surface area contributed by atoms with Crippen LogP contribution in [0, 0.1) is 0 Å². The Morgan fingerprint density at radius 1 is 1.18 bits per heavy atom. The summed E-state index contributed by atoms with van der Waals surface area (Å²) in [6, 6.07) is 9.09. The van der Waals surface area contributed by atoms with Gasteiger partial charge >= 0.3 is 0 Å². The highest BCUT2D eigenvalue weighted by atomic mass is 16.7. The first kappa shape index (κ1) is 8.20. The van der Waals surface area contributed by atoms with Gasteiger partial charge in [0.15, 0.2) is 0 Å². The molecule has 0 N–H and O–H groups in total. The number of hydrogen-bond donors (Lipinski definition) is 0. The fraction of sp³-hybridized carbons (Fsp3) is 0.250. The van der Waals surface area contributed by atoms with Gasteiger partial charge in [0.1, 0.15) is 0 Å². The second-order valence-corrected chi connectivity index (χ2v) is 2.09. The van der Waals surface area contributed by atoms with Crippen molar-refractivity contribution in [2.75, 3.05) is 0 Å². The standard InChI is InChI=1S/C8H8O3/c9-8(10)11-6-7-4-2-1-3-5-7/h1-5,8H,6H2/q-2. The molecule has 0 unspecified atom stereocenters. The maximum absolute atomic E-state index is 9.92. The lowest BCUT2D eigenvalue weighted by atomic mass is 10.2.